The van der Waals surface area contributed by atoms with Crippen molar-refractivity contribution in [2.75, 3.05) is 13.7 Å². The summed E-state index contributed by atoms with van der Waals surface area (Å²) in [4.78, 5) is 21.2. The van der Waals surface area contributed by atoms with E-state index in [4.69, 9.17) is 9.47 Å². The van der Waals surface area contributed by atoms with Crippen molar-refractivity contribution in [3.63, 3.8) is 0 Å². The summed E-state index contributed by atoms with van der Waals surface area (Å²) in [6.07, 6.45) is 10.8. The largest absolute Gasteiger partial charge is 0.378 e. The van der Waals surface area contributed by atoms with Crippen LogP contribution in [0.1, 0.15) is 78.6 Å². The van der Waals surface area contributed by atoms with E-state index < -0.39 is 0 Å². The van der Waals surface area contributed by atoms with Crippen LogP contribution in [0.15, 0.2) is 0 Å². The first kappa shape index (κ1) is 23.3. The highest BCUT2D eigenvalue weighted by molar-refractivity contribution is 5.81. The summed E-state index contributed by atoms with van der Waals surface area (Å²) < 4.78 is 11.5. The topological polar surface area (TPSA) is 64.6 Å². The van der Waals surface area contributed by atoms with Gasteiger partial charge in [0.1, 0.15) is 12.1 Å². The highest BCUT2D eigenvalue weighted by Gasteiger charge is 2.31. The van der Waals surface area contributed by atoms with Gasteiger partial charge in [-0.3, -0.25) is 4.79 Å². The molecule has 0 radical (unpaired) electrons. The van der Waals surface area contributed by atoms with Crippen LogP contribution in [0.25, 0.3) is 0 Å². The fourth-order valence-electron chi connectivity index (χ4n) is 3.54. The molecule has 0 saturated heterocycles. The Kier molecular flexibility index (Phi) is 12.0. The van der Waals surface area contributed by atoms with Gasteiger partial charge in [-0.15, -0.1) is 0 Å². The third kappa shape index (κ3) is 9.24. The van der Waals surface area contributed by atoms with Crippen LogP contribution in [0, 0.1) is 5.92 Å². The van der Waals surface area contributed by atoms with Gasteiger partial charge >= 0.3 is 0 Å². The number of ether oxygens (including phenoxy) is 2. The molecule has 0 amide bonds. The Balaban J connectivity index is 0.000000289. The second-order valence-electron chi connectivity index (χ2n) is 7.74. The highest BCUT2D eigenvalue weighted by atomic mass is 16.5. The molecule has 26 heavy (non-hydrogen) atoms. The maximum Gasteiger partial charge on any atom is 0.135 e. The van der Waals surface area contributed by atoms with Crippen molar-refractivity contribution in [1.82, 2.24) is 5.32 Å². The normalized spacial score (nSPS) is 28.0. The second-order valence-corrected chi connectivity index (χ2v) is 7.74. The van der Waals surface area contributed by atoms with Gasteiger partial charge in [0.05, 0.1) is 18.3 Å². The molecule has 2 aliphatic carbocycles. The minimum absolute atomic E-state index is 0.329. The number of rotatable bonds is 10. The number of ketones is 1. The van der Waals surface area contributed by atoms with Crippen LogP contribution in [-0.2, 0) is 19.1 Å². The molecule has 0 aromatic heterocycles. The molecule has 0 aromatic carbocycles. The van der Waals surface area contributed by atoms with E-state index in [1.165, 1.54) is 0 Å². The van der Waals surface area contributed by atoms with Gasteiger partial charge in [0.2, 0.25) is 0 Å². The van der Waals surface area contributed by atoms with Gasteiger partial charge in [0.25, 0.3) is 0 Å². The molecule has 2 aliphatic rings. The lowest BCUT2D eigenvalue weighted by Gasteiger charge is -2.33. The third-order valence-electron chi connectivity index (χ3n) is 5.26. The Morgan fingerprint density at radius 3 is 2.27 bits per heavy atom. The SMILES string of the molecule is CC(C)OC1CCC(OCCCC=O)CC1.CCC(=O)C1CC(NC)C1. The van der Waals surface area contributed by atoms with E-state index in [2.05, 4.69) is 19.2 Å². The summed E-state index contributed by atoms with van der Waals surface area (Å²) >= 11 is 0. The number of hydrogen-bond donors (Lipinski definition) is 1. The molecule has 0 aromatic rings. The van der Waals surface area contributed by atoms with Gasteiger partial charge in [-0.25, -0.2) is 0 Å². The van der Waals surface area contributed by atoms with Crippen molar-refractivity contribution >= 4 is 12.1 Å². The molecule has 0 spiro atoms. The van der Waals surface area contributed by atoms with Gasteiger partial charge < -0.3 is 19.6 Å². The van der Waals surface area contributed by atoms with Gasteiger partial charge in [0, 0.05) is 31.4 Å². The fraction of sp³-hybridized carbons (Fsp3) is 0.905. The number of aldehydes is 1. The number of hydrogen-bond acceptors (Lipinski definition) is 5. The summed E-state index contributed by atoms with van der Waals surface area (Å²) in [6.45, 7) is 6.83. The van der Waals surface area contributed by atoms with Crippen LogP contribution in [0.2, 0.25) is 0 Å². The summed E-state index contributed by atoms with van der Waals surface area (Å²) in [5.74, 6) is 0.814. The number of nitrogens with one attached hydrogen (secondary N) is 1. The molecule has 2 saturated carbocycles. The zero-order valence-corrected chi connectivity index (χ0v) is 17.2. The second kappa shape index (κ2) is 13.4. The minimum Gasteiger partial charge on any atom is -0.378 e. The summed E-state index contributed by atoms with van der Waals surface area (Å²) in [6, 6.07) is 0.612. The molecule has 0 heterocycles. The van der Waals surface area contributed by atoms with Gasteiger partial charge in [-0.2, -0.15) is 0 Å². The minimum atomic E-state index is 0.329. The molecular weight excluding hydrogens is 330 g/mol. The molecule has 5 nitrogen and oxygen atoms in total. The third-order valence-corrected chi connectivity index (χ3v) is 5.26. The van der Waals surface area contributed by atoms with Crippen molar-refractivity contribution in [3.05, 3.63) is 0 Å². The average Bonchev–Trinajstić information content (AvgIpc) is 2.59. The number of unbranched alkanes of at least 4 members (excludes halogenated alkanes) is 1. The van der Waals surface area contributed by atoms with Gasteiger partial charge in [-0.1, -0.05) is 6.92 Å². The van der Waals surface area contributed by atoms with Crippen LogP contribution in [0.5, 0.6) is 0 Å². The summed E-state index contributed by atoms with van der Waals surface area (Å²) in [7, 11) is 1.96. The first-order chi connectivity index (χ1) is 12.5. The summed E-state index contributed by atoms with van der Waals surface area (Å²) in [5.41, 5.74) is 0. The number of carbonyl (C=O) groups excluding carboxylic acids is 2. The van der Waals surface area contributed by atoms with Gasteiger partial charge in [-0.05, 0) is 65.8 Å². The molecule has 0 aliphatic heterocycles. The van der Waals surface area contributed by atoms with Crippen LogP contribution in [0.4, 0.5) is 0 Å². The van der Waals surface area contributed by atoms with E-state index in [1.807, 2.05) is 14.0 Å². The Labute approximate surface area is 159 Å². The first-order valence-electron chi connectivity index (χ1n) is 10.4. The molecular formula is C21H39NO4. The Morgan fingerprint density at radius 1 is 1.15 bits per heavy atom. The van der Waals surface area contributed by atoms with E-state index in [-0.39, 0.29) is 0 Å². The highest BCUT2D eigenvalue weighted by Crippen LogP contribution is 2.28. The number of Topliss-reactive ketones (excluding diaryl/α,β-unsaturated/α-hetero) is 1. The number of carbonyl (C=O) groups is 2. The molecule has 0 atom stereocenters. The maximum absolute atomic E-state index is 11.0. The molecule has 1 N–H and O–H groups in total. The van der Waals surface area contributed by atoms with Crippen molar-refractivity contribution < 1.29 is 19.1 Å². The lowest BCUT2D eigenvalue weighted by Crippen LogP contribution is -2.42. The quantitative estimate of drug-likeness (QED) is 0.470. The van der Waals surface area contributed by atoms with Crippen LogP contribution in [0.3, 0.4) is 0 Å². The zero-order chi connectivity index (χ0) is 19.4. The van der Waals surface area contributed by atoms with Crippen LogP contribution < -0.4 is 5.32 Å². The fourth-order valence-corrected chi connectivity index (χ4v) is 3.54. The van der Waals surface area contributed by atoms with E-state index in [1.54, 1.807) is 0 Å². The molecule has 152 valence electrons. The van der Waals surface area contributed by atoms with E-state index >= 15 is 0 Å². The monoisotopic (exact) mass is 369 g/mol. The van der Waals surface area contributed by atoms with E-state index in [0.717, 1.165) is 57.8 Å². The van der Waals surface area contributed by atoms with E-state index in [9.17, 15) is 9.59 Å². The molecule has 0 bridgehead atoms. The maximum atomic E-state index is 11.0. The zero-order valence-electron chi connectivity index (χ0n) is 17.2. The lowest BCUT2D eigenvalue weighted by atomic mass is 9.77. The Bertz CT molecular complexity index is 385. The smallest absolute Gasteiger partial charge is 0.135 e. The lowest BCUT2D eigenvalue weighted by molar-refractivity contribution is -0.125. The van der Waals surface area contributed by atoms with E-state index in [0.29, 0.717) is 48.9 Å². The first-order valence-corrected chi connectivity index (χ1v) is 10.4. The predicted molar refractivity (Wildman–Crippen MR) is 104 cm³/mol. The molecule has 2 rings (SSSR count). The standard InChI is InChI=1S/C13H24O3.C8H15NO/c1-11(2)16-13-7-5-12(6-8-13)15-10-4-3-9-14;1-3-8(10)6-4-7(5-6)9-2/h9,11-13H,3-8,10H2,1-2H3;6-7,9H,3-5H2,1-2H3. The molecule has 5 heteroatoms. The van der Waals surface area contributed by atoms with Crippen molar-refractivity contribution in [3.8, 4) is 0 Å². The molecule has 0 unspecified atom stereocenters. The molecule has 2 fully saturated rings. The van der Waals surface area contributed by atoms with Gasteiger partial charge in [0.15, 0.2) is 0 Å². The van der Waals surface area contributed by atoms with Crippen LogP contribution in [-0.4, -0.2) is 50.1 Å². The van der Waals surface area contributed by atoms with Crippen molar-refractivity contribution in [2.45, 2.75) is 103 Å². The Hall–Kier alpha value is -0.780. The van der Waals surface area contributed by atoms with Crippen LogP contribution >= 0.6 is 0 Å². The van der Waals surface area contributed by atoms with Crippen molar-refractivity contribution in [1.29, 1.82) is 0 Å². The van der Waals surface area contributed by atoms with Crippen molar-refractivity contribution in [2.24, 2.45) is 5.92 Å². The summed E-state index contributed by atoms with van der Waals surface area (Å²) in [5, 5.41) is 3.16. The predicted octanol–water partition coefficient (Wildman–Crippen LogP) is 3.68. The average molecular weight is 370 g/mol. The Morgan fingerprint density at radius 2 is 1.77 bits per heavy atom.